The fourth-order valence-corrected chi connectivity index (χ4v) is 4.72. The molecule has 0 bridgehead atoms. The molecule has 124 valence electrons. The van der Waals surface area contributed by atoms with Gasteiger partial charge in [-0.25, -0.2) is 0 Å². The first-order valence-corrected chi connectivity index (χ1v) is 9.56. The van der Waals surface area contributed by atoms with E-state index in [0.29, 0.717) is 19.4 Å². The summed E-state index contributed by atoms with van der Waals surface area (Å²) in [5.74, 6) is 0. The lowest BCUT2D eigenvalue weighted by Crippen LogP contribution is -2.43. The van der Waals surface area contributed by atoms with Crippen LogP contribution in [0.2, 0.25) is 0 Å². The molecular formula is C16H23ClO4S. The molecule has 0 spiro atoms. The first-order chi connectivity index (χ1) is 10.4. The van der Waals surface area contributed by atoms with Crippen LogP contribution < -0.4 is 0 Å². The number of ether oxygens (including phenoxy) is 1. The van der Waals surface area contributed by atoms with Crippen molar-refractivity contribution in [1.82, 2.24) is 0 Å². The van der Waals surface area contributed by atoms with E-state index in [1.165, 1.54) is 0 Å². The fourth-order valence-electron chi connectivity index (χ4n) is 2.38. The molecule has 4 nitrogen and oxygen atoms in total. The zero-order chi connectivity index (χ0) is 16.2. The van der Waals surface area contributed by atoms with Crippen LogP contribution in [-0.4, -0.2) is 31.3 Å². The van der Waals surface area contributed by atoms with Gasteiger partial charge in [-0.05, 0) is 31.7 Å². The Kier molecular flexibility index (Phi) is 6.26. The number of alkyl halides is 1. The van der Waals surface area contributed by atoms with Crippen LogP contribution in [0, 0.1) is 0 Å². The lowest BCUT2D eigenvalue weighted by atomic mass is 9.99. The predicted molar refractivity (Wildman–Crippen MR) is 87.4 cm³/mol. The summed E-state index contributed by atoms with van der Waals surface area (Å²) in [6.07, 6.45) is 1.07. The molecule has 0 N–H and O–H groups in total. The van der Waals surface area contributed by atoms with E-state index in [4.69, 9.17) is 20.5 Å². The first-order valence-electron chi connectivity index (χ1n) is 7.65. The molecule has 2 unspecified atom stereocenters. The number of benzene rings is 1. The molecule has 0 aromatic heterocycles. The molecule has 6 heteroatoms. The Hall–Kier alpha value is -0.620. The van der Waals surface area contributed by atoms with Crippen LogP contribution in [0.15, 0.2) is 30.3 Å². The van der Waals surface area contributed by atoms with Gasteiger partial charge < -0.3 is 4.74 Å². The molecule has 2 rings (SSSR count). The van der Waals surface area contributed by atoms with Gasteiger partial charge in [0.1, 0.15) is 11.4 Å². The summed E-state index contributed by atoms with van der Waals surface area (Å²) < 4.78 is 35.6. The highest BCUT2D eigenvalue weighted by atomic mass is 35.5. The third-order valence-corrected chi connectivity index (χ3v) is 6.53. The Morgan fingerprint density at radius 2 is 1.95 bits per heavy atom. The van der Waals surface area contributed by atoms with Gasteiger partial charge in [0, 0.05) is 0 Å². The van der Waals surface area contributed by atoms with Crippen LogP contribution in [-0.2, 0) is 25.6 Å². The van der Waals surface area contributed by atoms with Gasteiger partial charge in [0.2, 0.25) is 0 Å². The summed E-state index contributed by atoms with van der Waals surface area (Å²) in [4.78, 5) is 0. The van der Waals surface area contributed by atoms with Crippen molar-refractivity contribution in [2.24, 2.45) is 0 Å². The smallest absolute Gasteiger partial charge is 0.272 e. The van der Waals surface area contributed by atoms with Crippen molar-refractivity contribution in [1.29, 1.82) is 0 Å². The molecule has 1 aromatic rings. The van der Waals surface area contributed by atoms with Crippen LogP contribution >= 0.6 is 11.6 Å². The van der Waals surface area contributed by atoms with E-state index in [9.17, 15) is 8.42 Å². The largest absolute Gasteiger partial charge is 0.371 e. The highest BCUT2D eigenvalue weighted by molar-refractivity contribution is 7.87. The minimum atomic E-state index is -3.62. The number of halogens is 1. The van der Waals surface area contributed by atoms with E-state index in [2.05, 4.69) is 0 Å². The highest BCUT2D eigenvalue weighted by Crippen LogP contribution is 2.33. The lowest BCUT2D eigenvalue weighted by Gasteiger charge is -2.33. The summed E-state index contributed by atoms with van der Waals surface area (Å²) in [5, 5.41) is -0.910. The summed E-state index contributed by atoms with van der Waals surface area (Å²) in [7, 11) is -3.62. The van der Waals surface area contributed by atoms with E-state index >= 15 is 0 Å². The quantitative estimate of drug-likeness (QED) is 0.534. The minimum absolute atomic E-state index is 0.311. The molecule has 0 amide bonds. The topological polar surface area (TPSA) is 52.6 Å². The van der Waals surface area contributed by atoms with Crippen LogP contribution in [0.5, 0.6) is 0 Å². The van der Waals surface area contributed by atoms with Gasteiger partial charge in [-0.3, -0.25) is 4.18 Å². The molecule has 1 saturated carbocycles. The van der Waals surface area contributed by atoms with Crippen molar-refractivity contribution >= 4 is 21.7 Å². The van der Waals surface area contributed by atoms with Crippen molar-refractivity contribution < 1.29 is 17.3 Å². The fraction of sp³-hybridized carbons (Fsp3) is 0.625. The molecule has 1 aliphatic rings. The maximum atomic E-state index is 12.2. The first kappa shape index (κ1) is 17.7. The molecule has 0 saturated heterocycles. The second-order valence-corrected chi connectivity index (χ2v) is 8.01. The summed E-state index contributed by atoms with van der Waals surface area (Å²) in [6, 6.07) is 9.77. The molecule has 22 heavy (non-hydrogen) atoms. The maximum absolute atomic E-state index is 12.2. The van der Waals surface area contributed by atoms with Crippen LogP contribution in [0.3, 0.4) is 0 Å². The average Bonchev–Trinajstić information content (AvgIpc) is 2.49. The predicted octanol–water partition coefficient (Wildman–Crippen LogP) is 3.49. The van der Waals surface area contributed by atoms with Gasteiger partial charge in [-0.15, -0.1) is 11.6 Å². The Labute approximate surface area is 137 Å². The van der Waals surface area contributed by atoms with Gasteiger partial charge >= 0.3 is 0 Å². The normalized spacial score (nSPS) is 24.5. The summed E-state index contributed by atoms with van der Waals surface area (Å²) in [5.41, 5.74) is 1.05. The van der Waals surface area contributed by atoms with Gasteiger partial charge in [-0.2, -0.15) is 8.42 Å². The zero-order valence-corrected chi connectivity index (χ0v) is 14.5. The Morgan fingerprint density at radius 1 is 1.27 bits per heavy atom. The standard InChI is InChI=1S/C16H23ClO4S/c1-3-15(21-22(18,19)16-10-9-14(16)17)12(2)20-11-13-7-5-4-6-8-13/h4-8,12,14-16H,3,9-11H2,1-2H3/t12-,14+,15?,16?/m0/s1. The molecule has 1 fully saturated rings. The van der Waals surface area contributed by atoms with Crippen molar-refractivity contribution in [2.75, 3.05) is 0 Å². The van der Waals surface area contributed by atoms with E-state index in [0.717, 1.165) is 12.0 Å². The molecule has 0 aliphatic heterocycles. The third kappa shape index (κ3) is 4.44. The average molecular weight is 347 g/mol. The van der Waals surface area contributed by atoms with E-state index < -0.39 is 21.5 Å². The molecule has 0 heterocycles. The monoisotopic (exact) mass is 346 g/mol. The molecular weight excluding hydrogens is 324 g/mol. The van der Waals surface area contributed by atoms with Gasteiger partial charge in [0.15, 0.2) is 0 Å². The number of rotatable bonds is 8. The number of hydrogen-bond acceptors (Lipinski definition) is 4. The Balaban J connectivity index is 1.90. The van der Waals surface area contributed by atoms with Gasteiger partial charge in [-0.1, -0.05) is 37.3 Å². The van der Waals surface area contributed by atoms with Crippen LogP contribution in [0.1, 0.15) is 38.7 Å². The van der Waals surface area contributed by atoms with E-state index in [-0.39, 0.29) is 11.5 Å². The van der Waals surface area contributed by atoms with Crippen molar-refractivity contribution in [3.8, 4) is 0 Å². The minimum Gasteiger partial charge on any atom is -0.371 e. The van der Waals surface area contributed by atoms with E-state index in [1.54, 1.807) is 0 Å². The molecule has 1 aromatic carbocycles. The second kappa shape index (κ2) is 7.77. The Bertz CT molecular complexity index is 561. The van der Waals surface area contributed by atoms with Crippen molar-refractivity contribution in [3.05, 3.63) is 35.9 Å². The molecule has 1 aliphatic carbocycles. The third-order valence-electron chi connectivity index (χ3n) is 4.04. The molecule has 0 radical (unpaired) electrons. The van der Waals surface area contributed by atoms with Crippen LogP contribution in [0.4, 0.5) is 0 Å². The number of hydrogen-bond donors (Lipinski definition) is 0. The zero-order valence-electron chi connectivity index (χ0n) is 12.9. The van der Waals surface area contributed by atoms with Crippen molar-refractivity contribution in [3.63, 3.8) is 0 Å². The van der Waals surface area contributed by atoms with Gasteiger partial charge in [0.05, 0.1) is 18.1 Å². The van der Waals surface area contributed by atoms with Crippen molar-refractivity contribution in [2.45, 2.75) is 62.6 Å². The summed E-state index contributed by atoms with van der Waals surface area (Å²) in [6.45, 7) is 4.16. The second-order valence-electron chi connectivity index (χ2n) is 5.67. The maximum Gasteiger partial charge on any atom is 0.272 e. The highest BCUT2D eigenvalue weighted by Gasteiger charge is 2.42. The molecule has 4 atom stereocenters. The SMILES string of the molecule is CCC(OS(=O)(=O)C1CC[C@H]1Cl)[C@H](C)OCc1ccccc1. The lowest BCUT2D eigenvalue weighted by molar-refractivity contribution is -0.0233. The van der Waals surface area contributed by atoms with Gasteiger partial charge in [0.25, 0.3) is 10.1 Å². The van der Waals surface area contributed by atoms with E-state index in [1.807, 2.05) is 44.2 Å². The van der Waals surface area contributed by atoms with Crippen LogP contribution in [0.25, 0.3) is 0 Å². The Morgan fingerprint density at radius 3 is 2.45 bits per heavy atom. The summed E-state index contributed by atoms with van der Waals surface area (Å²) >= 11 is 5.96.